The van der Waals surface area contributed by atoms with Crippen LogP contribution in [0.15, 0.2) is 59.9 Å². The number of rotatable bonds is 7. The molecule has 0 aliphatic heterocycles. The van der Waals surface area contributed by atoms with Crippen LogP contribution in [0.2, 0.25) is 0 Å². The van der Waals surface area contributed by atoms with Crippen molar-refractivity contribution >= 4 is 11.6 Å². The second-order valence-electron chi connectivity index (χ2n) is 7.31. The Morgan fingerprint density at radius 3 is 2.50 bits per heavy atom. The number of amides is 1. The number of carbonyl (C=O) groups is 1. The molecule has 0 saturated carbocycles. The standard InChI is InChI=1S/C24H28N2O4/c1-16-6-9-20(10-7-16)30-24-22(12-8-17(2)25-24)26(18(3)27)15-19-14-21(28-4)11-13-23(19)29-5/h6-13,21H,14-15H2,1-5H3. The summed E-state index contributed by atoms with van der Waals surface area (Å²) in [5.41, 5.74) is 3.53. The summed E-state index contributed by atoms with van der Waals surface area (Å²) in [5, 5.41) is 0. The van der Waals surface area contributed by atoms with Gasteiger partial charge in [0.1, 0.15) is 17.2 Å². The highest BCUT2D eigenvalue weighted by atomic mass is 16.5. The Balaban J connectivity index is 1.96. The highest BCUT2D eigenvalue weighted by Gasteiger charge is 2.24. The molecule has 0 N–H and O–H groups in total. The molecule has 1 amide bonds. The van der Waals surface area contributed by atoms with Crippen molar-refractivity contribution in [3.8, 4) is 11.6 Å². The van der Waals surface area contributed by atoms with Gasteiger partial charge in [-0.3, -0.25) is 4.79 Å². The summed E-state index contributed by atoms with van der Waals surface area (Å²) in [6.07, 6.45) is 4.45. The molecule has 0 fully saturated rings. The number of nitrogens with zero attached hydrogens (tertiary/aromatic N) is 2. The van der Waals surface area contributed by atoms with Crippen LogP contribution in [0, 0.1) is 13.8 Å². The van der Waals surface area contributed by atoms with Crippen LogP contribution in [0.1, 0.15) is 24.6 Å². The quantitative estimate of drug-likeness (QED) is 0.663. The predicted octanol–water partition coefficient (Wildman–Crippen LogP) is 4.72. The summed E-state index contributed by atoms with van der Waals surface area (Å²) in [5.74, 6) is 1.69. The molecule has 3 rings (SSSR count). The summed E-state index contributed by atoms with van der Waals surface area (Å²) in [7, 11) is 3.30. The second kappa shape index (κ2) is 9.59. The van der Waals surface area contributed by atoms with E-state index >= 15 is 0 Å². The van der Waals surface area contributed by atoms with Crippen LogP contribution in [0.5, 0.6) is 11.6 Å². The first-order valence-electron chi connectivity index (χ1n) is 9.88. The monoisotopic (exact) mass is 408 g/mol. The van der Waals surface area contributed by atoms with Crippen molar-refractivity contribution in [1.82, 2.24) is 4.98 Å². The lowest BCUT2D eigenvalue weighted by molar-refractivity contribution is -0.116. The van der Waals surface area contributed by atoms with Gasteiger partial charge in [-0.15, -0.1) is 0 Å². The molecule has 1 unspecified atom stereocenters. The summed E-state index contributed by atoms with van der Waals surface area (Å²) < 4.78 is 17.1. The van der Waals surface area contributed by atoms with Gasteiger partial charge in [0, 0.05) is 26.1 Å². The molecular weight excluding hydrogens is 380 g/mol. The fourth-order valence-corrected chi connectivity index (χ4v) is 3.32. The maximum atomic E-state index is 12.6. The molecule has 1 aliphatic rings. The Kier molecular flexibility index (Phi) is 6.90. The minimum Gasteiger partial charge on any atom is -0.497 e. The molecule has 1 heterocycles. The smallest absolute Gasteiger partial charge is 0.243 e. The minimum atomic E-state index is -0.110. The van der Waals surface area contributed by atoms with Crippen LogP contribution in [-0.4, -0.2) is 37.8 Å². The molecular formula is C24H28N2O4. The molecule has 158 valence electrons. The summed E-state index contributed by atoms with van der Waals surface area (Å²) in [6, 6.07) is 11.5. The van der Waals surface area contributed by atoms with E-state index in [1.165, 1.54) is 6.92 Å². The molecule has 1 aromatic carbocycles. The molecule has 0 bridgehead atoms. The van der Waals surface area contributed by atoms with Gasteiger partial charge < -0.3 is 19.1 Å². The SMILES string of the molecule is COC1=C(CN(C(C)=O)c2ccc(C)nc2Oc2ccc(C)cc2)CC(OC)C=C1. The summed E-state index contributed by atoms with van der Waals surface area (Å²) in [4.78, 5) is 18.8. The highest BCUT2D eigenvalue weighted by Crippen LogP contribution is 2.33. The third kappa shape index (κ3) is 5.07. The van der Waals surface area contributed by atoms with E-state index in [4.69, 9.17) is 14.2 Å². The Labute approximate surface area is 177 Å². The highest BCUT2D eigenvalue weighted by molar-refractivity contribution is 5.93. The fraction of sp³-hybridized carbons (Fsp3) is 0.333. The van der Waals surface area contributed by atoms with Gasteiger partial charge in [0.2, 0.25) is 11.8 Å². The van der Waals surface area contributed by atoms with Crippen molar-refractivity contribution in [1.29, 1.82) is 0 Å². The first-order chi connectivity index (χ1) is 14.4. The maximum Gasteiger partial charge on any atom is 0.243 e. The van der Waals surface area contributed by atoms with E-state index in [1.807, 2.05) is 62.4 Å². The van der Waals surface area contributed by atoms with Gasteiger partial charge in [-0.05, 0) is 49.8 Å². The number of methoxy groups -OCH3 is 2. The Bertz CT molecular complexity index is 964. The normalized spacial score (nSPS) is 15.8. The van der Waals surface area contributed by atoms with Crippen molar-refractivity contribution in [2.24, 2.45) is 0 Å². The second-order valence-corrected chi connectivity index (χ2v) is 7.31. The Hall–Kier alpha value is -3.12. The van der Waals surface area contributed by atoms with Crippen molar-refractivity contribution in [2.45, 2.75) is 33.3 Å². The number of hydrogen-bond donors (Lipinski definition) is 0. The van der Waals surface area contributed by atoms with Gasteiger partial charge in [-0.1, -0.05) is 23.8 Å². The van der Waals surface area contributed by atoms with Crippen molar-refractivity contribution < 1.29 is 19.0 Å². The number of allylic oxidation sites excluding steroid dienone is 1. The molecule has 1 atom stereocenters. The molecule has 1 aromatic heterocycles. The van der Waals surface area contributed by atoms with E-state index in [2.05, 4.69) is 4.98 Å². The lowest BCUT2D eigenvalue weighted by atomic mass is 10.00. The van der Waals surface area contributed by atoms with Crippen LogP contribution < -0.4 is 9.64 Å². The molecule has 6 nitrogen and oxygen atoms in total. The fourth-order valence-electron chi connectivity index (χ4n) is 3.32. The van der Waals surface area contributed by atoms with Gasteiger partial charge in [-0.2, -0.15) is 0 Å². The zero-order valence-electron chi connectivity index (χ0n) is 18.1. The van der Waals surface area contributed by atoms with Crippen molar-refractivity contribution in [3.05, 3.63) is 71.1 Å². The number of aromatic nitrogens is 1. The van der Waals surface area contributed by atoms with Gasteiger partial charge in [0.25, 0.3) is 0 Å². The maximum absolute atomic E-state index is 12.6. The zero-order valence-corrected chi connectivity index (χ0v) is 18.1. The van der Waals surface area contributed by atoms with Crippen LogP contribution in [-0.2, 0) is 14.3 Å². The van der Waals surface area contributed by atoms with Gasteiger partial charge in [0.05, 0.1) is 19.8 Å². The average Bonchev–Trinajstić information content (AvgIpc) is 2.74. The topological polar surface area (TPSA) is 60.9 Å². The molecule has 6 heteroatoms. The Morgan fingerprint density at radius 2 is 1.87 bits per heavy atom. The lowest BCUT2D eigenvalue weighted by Crippen LogP contribution is -2.33. The van der Waals surface area contributed by atoms with E-state index < -0.39 is 0 Å². The zero-order chi connectivity index (χ0) is 21.7. The largest absolute Gasteiger partial charge is 0.497 e. The minimum absolute atomic E-state index is 0.0490. The lowest BCUT2D eigenvalue weighted by Gasteiger charge is -2.28. The molecule has 1 aliphatic carbocycles. The van der Waals surface area contributed by atoms with Crippen LogP contribution in [0.3, 0.4) is 0 Å². The predicted molar refractivity (Wildman–Crippen MR) is 117 cm³/mol. The van der Waals surface area contributed by atoms with E-state index in [9.17, 15) is 4.79 Å². The molecule has 0 radical (unpaired) electrons. The summed E-state index contributed by atoms with van der Waals surface area (Å²) in [6.45, 7) is 5.81. The number of aryl methyl sites for hydroxylation is 2. The number of carbonyl (C=O) groups excluding carboxylic acids is 1. The first kappa shape index (κ1) is 21.6. The third-order valence-corrected chi connectivity index (χ3v) is 5.02. The van der Waals surface area contributed by atoms with Gasteiger partial charge >= 0.3 is 0 Å². The van der Waals surface area contributed by atoms with E-state index in [0.717, 1.165) is 22.6 Å². The van der Waals surface area contributed by atoms with E-state index in [0.29, 0.717) is 30.3 Å². The molecule has 0 saturated heterocycles. The number of pyridine rings is 1. The number of benzene rings is 1. The third-order valence-electron chi connectivity index (χ3n) is 5.02. The van der Waals surface area contributed by atoms with E-state index in [-0.39, 0.29) is 12.0 Å². The van der Waals surface area contributed by atoms with Crippen LogP contribution in [0.25, 0.3) is 0 Å². The molecule has 30 heavy (non-hydrogen) atoms. The number of ether oxygens (including phenoxy) is 3. The van der Waals surface area contributed by atoms with Crippen LogP contribution >= 0.6 is 0 Å². The van der Waals surface area contributed by atoms with Crippen molar-refractivity contribution in [3.63, 3.8) is 0 Å². The average molecular weight is 408 g/mol. The van der Waals surface area contributed by atoms with Crippen molar-refractivity contribution in [2.75, 3.05) is 25.7 Å². The van der Waals surface area contributed by atoms with Crippen LogP contribution in [0.4, 0.5) is 5.69 Å². The number of anilines is 1. The van der Waals surface area contributed by atoms with Gasteiger partial charge in [0.15, 0.2) is 0 Å². The summed E-state index contributed by atoms with van der Waals surface area (Å²) >= 11 is 0. The Morgan fingerprint density at radius 1 is 1.13 bits per heavy atom. The number of hydrogen-bond acceptors (Lipinski definition) is 5. The molecule has 0 spiro atoms. The van der Waals surface area contributed by atoms with E-state index in [1.54, 1.807) is 19.1 Å². The molecule has 2 aromatic rings. The van der Waals surface area contributed by atoms with Gasteiger partial charge in [-0.25, -0.2) is 4.98 Å². The first-order valence-corrected chi connectivity index (χ1v) is 9.88.